The third-order valence-corrected chi connectivity index (χ3v) is 1.92. The van der Waals surface area contributed by atoms with Crippen LogP contribution >= 0.6 is 0 Å². The predicted molar refractivity (Wildman–Crippen MR) is 56.1 cm³/mol. The van der Waals surface area contributed by atoms with Gasteiger partial charge < -0.3 is 10.1 Å². The molecule has 0 fully saturated rings. The number of amides is 1. The lowest BCUT2D eigenvalue weighted by atomic mass is 10.1. The van der Waals surface area contributed by atoms with Crippen LogP contribution in [-0.2, 0) is 20.9 Å². The van der Waals surface area contributed by atoms with Gasteiger partial charge in [-0.25, -0.2) is 8.78 Å². The number of benzene rings is 1. The van der Waals surface area contributed by atoms with E-state index in [1.807, 2.05) is 0 Å². The Morgan fingerprint density at radius 2 is 1.94 bits per heavy atom. The van der Waals surface area contributed by atoms with Crippen LogP contribution in [0.3, 0.4) is 0 Å². The molecule has 0 unspecified atom stereocenters. The van der Waals surface area contributed by atoms with Crippen molar-refractivity contribution in [2.75, 3.05) is 5.32 Å². The number of hydrogen-bond donors (Lipinski definition) is 1. The molecule has 4 nitrogen and oxygen atoms in total. The maximum absolute atomic E-state index is 13.7. The molecule has 0 heterocycles. The third kappa shape index (κ3) is 3.51. The summed E-state index contributed by atoms with van der Waals surface area (Å²) in [4.78, 5) is 21.3. The second kappa shape index (κ2) is 5.38. The lowest BCUT2D eigenvalue weighted by Gasteiger charge is -2.09. The Morgan fingerprint density at radius 1 is 1.29 bits per heavy atom. The second-order valence-corrected chi connectivity index (χ2v) is 3.35. The van der Waals surface area contributed by atoms with E-state index in [2.05, 4.69) is 10.1 Å². The minimum absolute atomic E-state index is 0.152. The average molecular weight is 243 g/mol. The fourth-order valence-electron chi connectivity index (χ4n) is 1.19. The van der Waals surface area contributed by atoms with Crippen LogP contribution in [-0.4, -0.2) is 11.9 Å². The van der Waals surface area contributed by atoms with Gasteiger partial charge in [0.2, 0.25) is 5.91 Å². The molecule has 0 aliphatic heterocycles. The van der Waals surface area contributed by atoms with Gasteiger partial charge in [0.15, 0.2) is 5.82 Å². The van der Waals surface area contributed by atoms with E-state index in [4.69, 9.17) is 0 Å². The first-order valence-electron chi connectivity index (χ1n) is 4.79. The van der Waals surface area contributed by atoms with E-state index < -0.39 is 35.7 Å². The molecule has 0 saturated heterocycles. The van der Waals surface area contributed by atoms with Gasteiger partial charge in [-0.1, -0.05) is 0 Å². The summed E-state index contributed by atoms with van der Waals surface area (Å²) in [5.41, 5.74) is -0.549. The van der Waals surface area contributed by atoms with E-state index >= 15 is 0 Å². The molecule has 92 valence electrons. The smallest absolute Gasteiger partial charge is 0.302 e. The van der Waals surface area contributed by atoms with Crippen LogP contribution in [0.4, 0.5) is 14.5 Å². The van der Waals surface area contributed by atoms with Crippen molar-refractivity contribution in [3.05, 3.63) is 29.3 Å². The number of anilines is 1. The summed E-state index contributed by atoms with van der Waals surface area (Å²) in [6.45, 7) is 1.82. The first-order valence-corrected chi connectivity index (χ1v) is 4.79. The molecule has 0 aliphatic carbocycles. The van der Waals surface area contributed by atoms with E-state index in [0.29, 0.717) is 0 Å². The zero-order chi connectivity index (χ0) is 13.0. The number of carbonyl (C=O) groups excluding carboxylic acids is 2. The van der Waals surface area contributed by atoms with Gasteiger partial charge in [0.05, 0.1) is 11.3 Å². The Balaban J connectivity index is 3.01. The highest BCUT2D eigenvalue weighted by atomic mass is 19.1. The lowest BCUT2D eigenvalue weighted by Crippen LogP contribution is -2.11. The first-order chi connectivity index (χ1) is 7.91. The molecule has 1 rings (SSSR count). The van der Waals surface area contributed by atoms with Crippen LogP contribution in [0.2, 0.25) is 0 Å². The molecule has 6 heteroatoms. The number of ether oxygens (including phenoxy) is 1. The summed E-state index contributed by atoms with van der Waals surface area (Å²) < 4.78 is 31.5. The van der Waals surface area contributed by atoms with Crippen molar-refractivity contribution in [2.45, 2.75) is 20.5 Å². The van der Waals surface area contributed by atoms with E-state index in [1.54, 1.807) is 0 Å². The van der Waals surface area contributed by atoms with Crippen molar-refractivity contribution >= 4 is 17.6 Å². The Labute approximate surface area is 96.6 Å². The van der Waals surface area contributed by atoms with Crippen LogP contribution in [0.1, 0.15) is 19.4 Å². The molecule has 1 aromatic carbocycles. The fourth-order valence-corrected chi connectivity index (χ4v) is 1.19. The van der Waals surface area contributed by atoms with E-state index in [1.165, 1.54) is 6.92 Å². The van der Waals surface area contributed by atoms with Crippen LogP contribution in [0, 0.1) is 11.6 Å². The topological polar surface area (TPSA) is 55.4 Å². The van der Waals surface area contributed by atoms with Crippen molar-refractivity contribution in [2.24, 2.45) is 0 Å². The number of esters is 1. The van der Waals surface area contributed by atoms with E-state index in [-0.39, 0.29) is 5.69 Å². The predicted octanol–water partition coefficient (Wildman–Crippen LogP) is 1.99. The number of rotatable bonds is 3. The lowest BCUT2D eigenvalue weighted by molar-refractivity contribution is -0.142. The van der Waals surface area contributed by atoms with Crippen LogP contribution < -0.4 is 5.32 Å². The maximum atomic E-state index is 13.7. The van der Waals surface area contributed by atoms with E-state index in [9.17, 15) is 18.4 Å². The SMILES string of the molecule is CC(=O)Nc1ccc(F)c(COC(C)=O)c1F. The van der Waals surface area contributed by atoms with E-state index in [0.717, 1.165) is 19.1 Å². The molecular formula is C11H11F2NO3. The standard InChI is InChI=1S/C11H11F2NO3/c1-6(15)14-10-4-3-9(12)8(11(10)13)5-17-7(2)16/h3-4H,5H2,1-2H3,(H,14,15). The van der Waals surface area contributed by atoms with Crippen LogP contribution in [0.5, 0.6) is 0 Å². The van der Waals surface area contributed by atoms with Gasteiger partial charge >= 0.3 is 5.97 Å². The quantitative estimate of drug-likeness (QED) is 0.826. The van der Waals surface area contributed by atoms with Gasteiger partial charge in [0.1, 0.15) is 12.4 Å². The Kier molecular flexibility index (Phi) is 4.14. The van der Waals surface area contributed by atoms with Crippen molar-refractivity contribution in [3.8, 4) is 0 Å². The fraction of sp³-hybridized carbons (Fsp3) is 0.273. The monoisotopic (exact) mass is 243 g/mol. The number of nitrogens with one attached hydrogen (secondary N) is 1. The second-order valence-electron chi connectivity index (χ2n) is 3.35. The largest absolute Gasteiger partial charge is 0.461 e. The summed E-state index contributed by atoms with van der Waals surface area (Å²) in [7, 11) is 0. The van der Waals surface area contributed by atoms with Crippen molar-refractivity contribution in [3.63, 3.8) is 0 Å². The molecule has 0 bridgehead atoms. The molecule has 1 aromatic rings. The first kappa shape index (κ1) is 13.1. The summed E-state index contributed by atoms with van der Waals surface area (Å²) >= 11 is 0. The average Bonchev–Trinajstić information content (AvgIpc) is 2.21. The van der Waals surface area contributed by atoms with Crippen LogP contribution in [0.25, 0.3) is 0 Å². The normalized spacial score (nSPS) is 9.88. The molecule has 0 aromatic heterocycles. The van der Waals surface area contributed by atoms with Crippen molar-refractivity contribution in [1.82, 2.24) is 0 Å². The van der Waals surface area contributed by atoms with Gasteiger partial charge in [-0.3, -0.25) is 9.59 Å². The Bertz CT molecular complexity index is 460. The summed E-state index contributed by atoms with van der Waals surface area (Å²) in [6, 6.07) is 2.09. The van der Waals surface area contributed by atoms with Gasteiger partial charge in [-0.05, 0) is 12.1 Å². The molecule has 0 spiro atoms. The highest BCUT2D eigenvalue weighted by molar-refractivity contribution is 5.88. The highest BCUT2D eigenvalue weighted by Gasteiger charge is 2.15. The molecule has 0 aliphatic rings. The van der Waals surface area contributed by atoms with Gasteiger partial charge in [0, 0.05) is 13.8 Å². The zero-order valence-corrected chi connectivity index (χ0v) is 9.34. The van der Waals surface area contributed by atoms with Gasteiger partial charge in [-0.15, -0.1) is 0 Å². The molecule has 0 atom stereocenters. The summed E-state index contributed by atoms with van der Waals surface area (Å²) in [5.74, 6) is -2.90. The molecule has 17 heavy (non-hydrogen) atoms. The molecule has 1 amide bonds. The highest BCUT2D eigenvalue weighted by Crippen LogP contribution is 2.22. The van der Waals surface area contributed by atoms with Crippen molar-refractivity contribution in [1.29, 1.82) is 0 Å². The maximum Gasteiger partial charge on any atom is 0.302 e. The molecule has 0 radical (unpaired) electrons. The number of carbonyl (C=O) groups is 2. The molecule has 1 N–H and O–H groups in total. The minimum atomic E-state index is -0.943. The number of hydrogen-bond acceptors (Lipinski definition) is 3. The Hall–Kier alpha value is -1.98. The molecule has 0 saturated carbocycles. The summed E-state index contributed by atoms with van der Waals surface area (Å²) in [5, 5.41) is 2.21. The van der Waals surface area contributed by atoms with Crippen molar-refractivity contribution < 1.29 is 23.1 Å². The number of halogens is 2. The third-order valence-electron chi connectivity index (χ3n) is 1.92. The van der Waals surface area contributed by atoms with Gasteiger partial charge in [0.25, 0.3) is 0 Å². The minimum Gasteiger partial charge on any atom is -0.461 e. The van der Waals surface area contributed by atoms with Gasteiger partial charge in [-0.2, -0.15) is 0 Å². The molecular weight excluding hydrogens is 232 g/mol. The summed E-state index contributed by atoms with van der Waals surface area (Å²) in [6.07, 6.45) is 0. The zero-order valence-electron chi connectivity index (χ0n) is 9.34. The Morgan fingerprint density at radius 3 is 2.47 bits per heavy atom. The van der Waals surface area contributed by atoms with Crippen LogP contribution in [0.15, 0.2) is 12.1 Å².